The maximum Gasteiger partial charge on any atom is 0.223 e. The third-order valence-corrected chi connectivity index (χ3v) is 3.28. The van der Waals surface area contributed by atoms with E-state index in [1.165, 1.54) is 0 Å². The van der Waals surface area contributed by atoms with Crippen LogP contribution in [0.1, 0.15) is 25.7 Å². The van der Waals surface area contributed by atoms with Gasteiger partial charge < -0.3 is 15.4 Å². The second-order valence-electron chi connectivity index (χ2n) is 4.86. The molecule has 0 aromatic heterocycles. The van der Waals surface area contributed by atoms with Crippen LogP contribution in [0, 0.1) is 0 Å². The van der Waals surface area contributed by atoms with Gasteiger partial charge in [-0.15, -0.1) is 0 Å². The van der Waals surface area contributed by atoms with Crippen molar-refractivity contribution in [3.8, 4) is 5.75 Å². The van der Waals surface area contributed by atoms with Crippen LogP contribution in [0.15, 0.2) is 30.3 Å². The fourth-order valence-electron chi connectivity index (χ4n) is 2.24. The monoisotopic (exact) mass is 262 g/mol. The Balaban J connectivity index is 1.64. The van der Waals surface area contributed by atoms with Crippen molar-refractivity contribution in [3.05, 3.63) is 30.3 Å². The van der Waals surface area contributed by atoms with E-state index >= 15 is 0 Å². The number of ether oxygens (including phenoxy) is 1. The highest BCUT2D eigenvalue weighted by Crippen LogP contribution is 2.09. The third-order valence-electron chi connectivity index (χ3n) is 3.28. The lowest BCUT2D eigenvalue weighted by molar-refractivity contribution is -0.122. The van der Waals surface area contributed by atoms with E-state index in [4.69, 9.17) is 4.74 Å². The van der Waals surface area contributed by atoms with E-state index in [1.54, 1.807) is 0 Å². The molecular formula is C15H22N2O2. The molecule has 4 heteroatoms. The molecule has 0 radical (unpaired) electrons. The zero-order chi connectivity index (χ0) is 13.3. The van der Waals surface area contributed by atoms with Crippen LogP contribution >= 0.6 is 0 Å². The molecule has 2 rings (SSSR count). The Kier molecular flexibility index (Phi) is 5.69. The Morgan fingerprint density at radius 3 is 2.95 bits per heavy atom. The van der Waals surface area contributed by atoms with Crippen LogP contribution in [0.5, 0.6) is 5.75 Å². The topological polar surface area (TPSA) is 50.4 Å². The third kappa shape index (κ3) is 5.30. The van der Waals surface area contributed by atoms with Crippen molar-refractivity contribution in [2.45, 2.75) is 31.7 Å². The van der Waals surface area contributed by atoms with Crippen LogP contribution in [0.25, 0.3) is 0 Å². The van der Waals surface area contributed by atoms with Crippen LogP contribution < -0.4 is 15.4 Å². The van der Waals surface area contributed by atoms with Gasteiger partial charge in [0.05, 0.1) is 13.0 Å². The fourth-order valence-corrected chi connectivity index (χ4v) is 2.24. The molecule has 1 saturated heterocycles. The molecule has 1 unspecified atom stereocenters. The average Bonchev–Trinajstić information content (AvgIpc) is 2.68. The molecule has 1 amide bonds. The van der Waals surface area contributed by atoms with E-state index in [9.17, 15) is 4.79 Å². The van der Waals surface area contributed by atoms with Crippen molar-refractivity contribution in [1.82, 2.24) is 10.6 Å². The molecule has 2 N–H and O–H groups in total. The summed E-state index contributed by atoms with van der Waals surface area (Å²) in [5.41, 5.74) is 0. The first-order chi connectivity index (χ1) is 9.34. The van der Waals surface area contributed by atoms with E-state index in [-0.39, 0.29) is 5.91 Å². The SMILES string of the molecule is O=C(CCOc1ccccc1)NC1CCCNCC1. The Hall–Kier alpha value is -1.55. The Morgan fingerprint density at radius 2 is 2.11 bits per heavy atom. The summed E-state index contributed by atoms with van der Waals surface area (Å²) in [7, 11) is 0. The molecule has 0 bridgehead atoms. The number of hydrogen-bond acceptors (Lipinski definition) is 3. The number of hydrogen-bond donors (Lipinski definition) is 2. The molecule has 1 aromatic carbocycles. The van der Waals surface area contributed by atoms with Gasteiger partial charge in [0.1, 0.15) is 5.75 Å². The summed E-state index contributed by atoms with van der Waals surface area (Å²) in [5.74, 6) is 0.900. The molecule has 19 heavy (non-hydrogen) atoms. The molecule has 1 atom stereocenters. The number of carbonyl (C=O) groups excluding carboxylic acids is 1. The number of benzene rings is 1. The van der Waals surface area contributed by atoms with Gasteiger partial charge >= 0.3 is 0 Å². The molecule has 1 fully saturated rings. The Morgan fingerprint density at radius 1 is 1.26 bits per heavy atom. The summed E-state index contributed by atoms with van der Waals surface area (Å²) in [6.07, 6.45) is 3.63. The molecule has 1 aromatic rings. The molecule has 4 nitrogen and oxygen atoms in total. The van der Waals surface area contributed by atoms with Gasteiger partial charge in [-0.25, -0.2) is 0 Å². The van der Waals surface area contributed by atoms with Gasteiger partial charge in [-0.05, 0) is 44.5 Å². The smallest absolute Gasteiger partial charge is 0.223 e. The minimum Gasteiger partial charge on any atom is -0.493 e. The van der Waals surface area contributed by atoms with Gasteiger partial charge in [0.25, 0.3) is 0 Å². The summed E-state index contributed by atoms with van der Waals surface area (Å²) in [6, 6.07) is 9.91. The second kappa shape index (κ2) is 7.79. The quantitative estimate of drug-likeness (QED) is 0.849. The van der Waals surface area contributed by atoms with Crippen LogP contribution in [0.2, 0.25) is 0 Å². The van der Waals surface area contributed by atoms with Crippen molar-refractivity contribution in [3.63, 3.8) is 0 Å². The van der Waals surface area contributed by atoms with Crippen molar-refractivity contribution in [2.24, 2.45) is 0 Å². The first kappa shape index (κ1) is 13.9. The largest absolute Gasteiger partial charge is 0.493 e. The van der Waals surface area contributed by atoms with Gasteiger partial charge in [0.2, 0.25) is 5.91 Å². The maximum atomic E-state index is 11.8. The number of carbonyl (C=O) groups is 1. The standard InChI is InChI=1S/C15H22N2O2/c18-15(17-13-5-4-10-16-11-8-13)9-12-19-14-6-2-1-3-7-14/h1-3,6-7,13,16H,4-5,8-12H2,(H,17,18). The van der Waals surface area contributed by atoms with Crippen molar-refractivity contribution in [1.29, 1.82) is 0 Å². The van der Waals surface area contributed by atoms with Crippen LogP contribution in [-0.2, 0) is 4.79 Å². The molecule has 1 aliphatic heterocycles. The zero-order valence-electron chi connectivity index (χ0n) is 11.2. The zero-order valence-corrected chi connectivity index (χ0v) is 11.2. The highest BCUT2D eigenvalue weighted by molar-refractivity contribution is 5.76. The van der Waals surface area contributed by atoms with E-state index in [1.807, 2.05) is 30.3 Å². The van der Waals surface area contributed by atoms with Crippen molar-refractivity contribution >= 4 is 5.91 Å². The number of rotatable bonds is 5. The van der Waals surface area contributed by atoms with Crippen LogP contribution in [0.3, 0.4) is 0 Å². The average molecular weight is 262 g/mol. The van der Waals surface area contributed by atoms with E-state index < -0.39 is 0 Å². The number of amides is 1. The van der Waals surface area contributed by atoms with E-state index in [2.05, 4.69) is 10.6 Å². The van der Waals surface area contributed by atoms with Crippen molar-refractivity contribution in [2.75, 3.05) is 19.7 Å². The normalized spacial score (nSPS) is 19.5. The molecule has 0 saturated carbocycles. The summed E-state index contributed by atoms with van der Waals surface area (Å²) in [4.78, 5) is 11.8. The van der Waals surface area contributed by atoms with Gasteiger partial charge in [0, 0.05) is 6.04 Å². The first-order valence-electron chi connectivity index (χ1n) is 7.02. The highest BCUT2D eigenvalue weighted by Gasteiger charge is 2.14. The lowest BCUT2D eigenvalue weighted by Gasteiger charge is -2.16. The molecule has 104 valence electrons. The van der Waals surface area contributed by atoms with Crippen LogP contribution in [0.4, 0.5) is 0 Å². The first-order valence-corrected chi connectivity index (χ1v) is 7.02. The summed E-state index contributed by atoms with van der Waals surface area (Å²) < 4.78 is 5.52. The highest BCUT2D eigenvalue weighted by atomic mass is 16.5. The predicted molar refractivity (Wildman–Crippen MR) is 75.2 cm³/mol. The predicted octanol–water partition coefficient (Wildman–Crippen LogP) is 1.71. The summed E-state index contributed by atoms with van der Waals surface area (Å²) >= 11 is 0. The van der Waals surface area contributed by atoms with Gasteiger partial charge in [-0.1, -0.05) is 18.2 Å². The van der Waals surface area contributed by atoms with Gasteiger partial charge in [0.15, 0.2) is 0 Å². The second-order valence-corrected chi connectivity index (χ2v) is 4.86. The molecule has 1 aliphatic rings. The Bertz CT molecular complexity index is 373. The lowest BCUT2D eigenvalue weighted by atomic mass is 10.1. The summed E-state index contributed by atoms with van der Waals surface area (Å²) in [6.45, 7) is 2.48. The lowest BCUT2D eigenvalue weighted by Crippen LogP contribution is -2.36. The fraction of sp³-hybridized carbons (Fsp3) is 0.533. The van der Waals surface area contributed by atoms with E-state index in [0.29, 0.717) is 19.1 Å². The maximum absolute atomic E-state index is 11.8. The molecule has 0 spiro atoms. The molecule has 0 aliphatic carbocycles. The molecular weight excluding hydrogens is 240 g/mol. The minimum absolute atomic E-state index is 0.0860. The Labute approximate surface area is 114 Å². The number of para-hydroxylation sites is 1. The summed E-state index contributed by atoms with van der Waals surface area (Å²) in [5, 5.41) is 6.43. The minimum atomic E-state index is 0.0860. The van der Waals surface area contributed by atoms with Crippen molar-refractivity contribution < 1.29 is 9.53 Å². The van der Waals surface area contributed by atoms with Gasteiger partial charge in [-0.3, -0.25) is 4.79 Å². The van der Waals surface area contributed by atoms with E-state index in [0.717, 1.165) is 38.1 Å². The van der Waals surface area contributed by atoms with Crippen LogP contribution in [-0.4, -0.2) is 31.6 Å². The number of nitrogens with one attached hydrogen (secondary N) is 2. The van der Waals surface area contributed by atoms with Gasteiger partial charge in [-0.2, -0.15) is 0 Å². The molecule has 1 heterocycles.